The quantitative estimate of drug-likeness (QED) is 0.0272. The van der Waals surface area contributed by atoms with Crippen molar-refractivity contribution < 1.29 is 32.9 Å². The number of amides is 1. The standard InChI is InChI=1S/C68H129N2O6P/c1-6-8-10-12-14-16-18-20-22-24-26-28-30-32-34-35-36-38-40-42-44-46-48-50-52-54-56-58-60-62-68(72)69-66(65-76-77(73,74)75-64-63-70(3,4)5)67(71)61-59-57-55-53-51-49-47-45-43-41-39-37-33-31-29-27-25-23-21-19-17-15-13-11-9-7-2/h8,10,14,16,20,22,26,28,32,34,66-67,71H,6-7,9,11-13,15,17-19,21,23-25,27,29-31,33,35-65H2,1-5H3,(H-,69,72,73,74)/b10-8-,16-14-,22-20-,28-26-,34-32-. The van der Waals surface area contributed by atoms with E-state index in [0.29, 0.717) is 23.9 Å². The zero-order valence-electron chi connectivity index (χ0n) is 51.7. The number of quaternary nitrogens is 1. The van der Waals surface area contributed by atoms with Crippen molar-refractivity contribution in [3.63, 3.8) is 0 Å². The Balaban J connectivity index is 4.08. The van der Waals surface area contributed by atoms with Gasteiger partial charge in [0.25, 0.3) is 7.82 Å². The van der Waals surface area contributed by atoms with Crippen LogP contribution in [0.2, 0.25) is 0 Å². The molecule has 0 saturated carbocycles. The number of unbranched alkanes of at least 4 members (excludes halogenated alkanes) is 38. The highest BCUT2D eigenvalue weighted by Crippen LogP contribution is 2.38. The average Bonchev–Trinajstić information content (AvgIpc) is 3.39. The van der Waals surface area contributed by atoms with Crippen LogP contribution in [0, 0.1) is 0 Å². The second-order valence-corrected chi connectivity index (χ2v) is 25.2. The predicted molar refractivity (Wildman–Crippen MR) is 334 cm³/mol. The van der Waals surface area contributed by atoms with Gasteiger partial charge in [0.1, 0.15) is 13.2 Å². The molecule has 0 aliphatic carbocycles. The molecular formula is C68H129N2O6P. The summed E-state index contributed by atoms with van der Waals surface area (Å²) < 4.78 is 23.5. The average molecular weight is 1100 g/mol. The van der Waals surface area contributed by atoms with E-state index >= 15 is 0 Å². The molecule has 0 saturated heterocycles. The molecule has 3 unspecified atom stereocenters. The number of nitrogens with one attached hydrogen (secondary N) is 1. The number of phosphoric ester groups is 1. The molecular weight excluding hydrogens is 972 g/mol. The molecule has 0 fully saturated rings. The molecule has 0 spiro atoms. The molecule has 9 heteroatoms. The fourth-order valence-corrected chi connectivity index (χ4v) is 10.6. The van der Waals surface area contributed by atoms with Crippen molar-refractivity contribution >= 4 is 13.7 Å². The lowest BCUT2D eigenvalue weighted by Crippen LogP contribution is -2.46. The zero-order valence-corrected chi connectivity index (χ0v) is 52.6. The smallest absolute Gasteiger partial charge is 0.268 e. The number of hydrogen-bond donors (Lipinski definition) is 2. The number of aliphatic hydroxyl groups is 1. The Labute approximate surface area is 479 Å². The second-order valence-electron chi connectivity index (χ2n) is 23.8. The number of allylic oxidation sites excluding steroid dienone is 10. The summed E-state index contributed by atoms with van der Waals surface area (Å²) in [4.78, 5) is 25.6. The topological polar surface area (TPSA) is 108 Å². The lowest BCUT2D eigenvalue weighted by molar-refractivity contribution is -0.870. The summed E-state index contributed by atoms with van der Waals surface area (Å²) in [6, 6.07) is -0.805. The molecule has 3 atom stereocenters. The van der Waals surface area contributed by atoms with Crippen molar-refractivity contribution in [3.05, 3.63) is 60.8 Å². The third kappa shape index (κ3) is 61.7. The van der Waals surface area contributed by atoms with Crippen LogP contribution >= 0.6 is 7.82 Å². The fraction of sp³-hybridized carbons (Fsp3) is 0.838. The first kappa shape index (κ1) is 75.2. The van der Waals surface area contributed by atoms with Crippen molar-refractivity contribution in [1.82, 2.24) is 5.32 Å². The van der Waals surface area contributed by atoms with Gasteiger partial charge in [0.2, 0.25) is 5.91 Å². The third-order valence-corrected chi connectivity index (χ3v) is 16.0. The summed E-state index contributed by atoms with van der Waals surface area (Å²) in [7, 11) is 1.31. The number of carbonyl (C=O) groups is 1. The van der Waals surface area contributed by atoms with Crippen molar-refractivity contribution in [2.75, 3.05) is 40.9 Å². The van der Waals surface area contributed by atoms with Gasteiger partial charge >= 0.3 is 0 Å². The van der Waals surface area contributed by atoms with Gasteiger partial charge in [0, 0.05) is 6.42 Å². The van der Waals surface area contributed by atoms with Gasteiger partial charge in [-0.25, -0.2) is 0 Å². The van der Waals surface area contributed by atoms with Crippen LogP contribution in [0.15, 0.2) is 60.8 Å². The van der Waals surface area contributed by atoms with E-state index in [1.54, 1.807) is 0 Å². The van der Waals surface area contributed by atoms with Crippen LogP contribution in [0.3, 0.4) is 0 Å². The number of carbonyl (C=O) groups excluding carboxylic acids is 1. The largest absolute Gasteiger partial charge is 0.756 e. The van der Waals surface area contributed by atoms with Gasteiger partial charge in [0.15, 0.2) is 0 Å². The van der Waals surface area contributed by atoms with Crippen LogP contribution in [-0.2, 0) is 18.4 Å². The van der Waals surface area contributed by atoms with Crippen LogP contribution in [0.1, 0.15) is 316 Å². The normalized spacial score (nSPS) is 14.1. The second kappa shape index (κ2) is 58.8. The van der Waals surface area contributed by atoms with Crippen molar-refractivity contribution in [3.8, 4) is 0 Å². The Kier molecular flexibility index (Phi) is 57.5. The van der Waals surface area contributed by atoms with E-state index in [0.717, 1.165) is 70.6 Å². The number of rotatable bonds is 61. The highest BCUT2D eigenvalue weighted by molar-refractivity contribution is 7.45. The highest BCUT2D eigenvalue weighted by atomic mass is 31.2. The molecule has 0 bridgehead atoms. The van der Waals surface area contributed by atoms with Crippen LogP contribution in [-0.4, -0.2) is 68.5 Å². The molecule has 0 heterocycles. The maximum atomic E-state index is 13.0. The van der Waals surface area contributed by atoms with Gasteiger partial charge in [-0.1, -0.05) is 312 Å². The van der Waals surface area contributed by atoms with Gasteiger partial charge < -0.3 is 28.8 Å². The minimum atomic E-state index is -4.58. The molecule has 77 heavy (non-hydrogen) atoms. The summed E-state index contributed by atoms with van der Waals surface area (Å²) in [5, 5.41) is 14.1. The Morgan fingerprint density at radius 2 is 0.792 bits per heavy atom. The fourth-order valence-electron chi connectivity index (χ4n) is 9.89. The Bertz CT molecular complexity index is 1440. The lowest BCUT2D eigenvalue weighted by atomic mass is 10.0. The molecule has 0 aromatic rings. The van der Waals surface area contributed by atoms with Gasteiger partial charge in [-0.15, -0.1) is 0 Å². The Morgan fingerprint density at radius 3 is 1.16 bits per heavy atom. The number of phosphoric acid groups is 1. The van der Waals surface area contributed by atoms with Gasteiger partial charge in [0.05, 0.1) is 39.9 Å². The Morgan fingerprint density at radius 1 is 0.468 bits per heavy atom. The lowest BCUT2D eigenvalue weighted by Gasteiger charge is -2.30. The molecule has 0 aromatic carbocycles. The van der Waals surface area contributed by atoms with Crippen molar-refractivity contribution in [2.24, 2.45) is 0 Å². The maximum absolute atomic E-state index is 13.0. The SMILES string of the molecule is CC/C=C\C/C=C\C/C=C\C/C=C\C/C=C\CCCCCCCCCCCCCCCC(=O)NC(COP(=O)([O-])OCC[N+](C)(C)C)C(O)CCCCCCCCCCCCCCCCCCCCCCCCCCCC. The summed E-state index contributed by atoms with van der Waals surface area (Å²) in [6.07, 6.45) is 79.9. The predicted octanol–water partition coefficient (Wildman–Crippen LogP) is 20.2. The minimum Gasteiger partial charge on any atom is -0.756 e. The van der Waals surface area contributed by atoms with E-state index in [-0.39, 0.29) is 19.1 Å². The molecule has 0 rings (SSSR count). The van der Waals surface area contributed by atoms with E-state index in [1.807, 2.05) is 21.1 Å². The van der Waals surface area contributed by atoms with Crippen molar-refractivity contribution in [1.29, 1.82) is 0 Å². The molecule has 0 radical (unpaired) electrons. The minimum absolute atomic E-state index is 0.0113. The Hall–Kier alpha value is -1.80. The van der Waals surface area contributed by atoms with E-state index in [4.69, 9.17) is 9.05 Å². The van der Waals surface area contributed by atoms with Crippen LogP contribution < -0.4 is 10.2 Å². The summed E-state index contributed by atoms with van der Waals surface area (Å²) in [5.74, 6) is -0.163. The first-order valence-electron chi connectivity index (χ1n) is 33.1. The van der Waals surface area contributed by atoms with E-state index in [2.05, 4.69) is 79.9 Å². The summed E-state index contributed by atoms with van der Waals surface area (Å²) in [6.45, 7) is 4.65. The number of nitrogens with zero attached hydrogens (tertiary/aromatic N) is 1. The maximum Gasteiger partial charge on any atom is 0.268 e. The summed E-state index contributed by atoms with van der Waals surface area (Å²) >= 11 is 0. The van der Waals surface area contributed by atoms with E-state index in [9.17, 15) is 19.4 Å². The third-order valence-electron chi connectivity index (χ3n) is 15.0. The molecule has 0 aromatic heterocycles. The number of hydrogen-bond acceptors (Lipinski definition) is 6. The highest BCUT2D eigenvalue weighted by Gasteiger charge is 2.24. The first-order valence-corrected chi connectivity index (χ1v) is 34.6. The molecule has 1 amide bonds. The molecule has 2 N–H and O–H groups in total. The van der Waals surface area contributed by atoms with E-state index in [1.165, 1.54) is 218 Å². The molecule has 0 aliphatic heterocycles. The monoisotopic (exact) mass is 1100 g/mol. The number of aliphatic hydroxyl groups excluding tert-OH is 1. The zero-order chi connectivity index (χ0) is 56.3. The molecule has 8 nitrogen and oxygen atoms in total. The van der Waals surface area contributed by atoms with Gasteiger partial charge in [-0.2, -0.15) is 0 Å². The first-order chi connectivity index (χ1) is 37.5. The van der Waals surface area contributed by atoms with Crippen molar-refractivity contribution in [2.45, 2.75) is 328 Å². The van der Waals surface area contributed by atoms with Crippen LogP contribution in [0.5, 0.6) is 0 Å². The van der Waals surface area contributed by atoms with Crippen LogP contribution in [0.25, 0.3) is 0 Å². The summed E-state index contributed by atoms with van der Waals surface area (Å²) in [5.41, 5.74) is 0. The van der Waals surface area contributed by atoms with Gasteiger partial charge in [-0.05, 0) is 57.8 Å². The van der Waals surface area contributed by atoms with Crippen LogP contribution in [0.4, 0.5) is 0 Å². The van der Waals surface area contributed by atoms with Gasteiger partial charge in [-0.3, -0.25) is 9.36 Å². The van der Waals surface area contributed by atoms with E-state index < -0.39 is 20.0 Å². The molecule has 0 aliphatic rings. The number of likely N-dealkylation sites (N-methyl/N-ethyl adjacent to an activating group) is 1. The molecule has 452 valence electrons.